The maximum absolute atomic E-state index is 12.9. The number of hydrogen-bond donors (Lipinski definition) is 2. The highest BCUT2D eigenvalue weighted by Crippen LogP contribution is 2.40. The van der Waals surface area contributed by atoms with Gasteiger partial charge >= 0.3 is 17.8 Å². The van der Waals surface area contributed by atoms with Gasteiger partial charge in [0, 0.05) is 22.2 Å². The average molecular weight is 662 g/mol. The van der Waals surface area contributed by atoms with Crippen LogP contribution in [0.5, 0.6) is 5.75 Å². The highest BCUT2D eigenvalue weighted by Gasteiger charge is 2.30. The highest BCUT2D eigenvalue weighted by atomic mass is 32.1. The summed E-state index contributed by atoms with van der Waals surface area (Å²) in [5.41, 5.74) is 7.50. The first-order chi connectivity index (χ1) is 23.4. The van der Waals surface area contributed by atoms with Crippen molar-refractivity contribution in [3.63, 3.8) is 0 Å². The van der Waals surface area contributed by atoms with E-state index in [4.69, 9.17) is 14.6 Å². The van der Waals surface area contributed by atoms with Crippen molar-refractivity contribution in [1.29, 1.82) is 0 Å². The first-order valence-electron chi connectivity index (χ1n) is 15.8. The van der Waals surface area contributed by atoms with E-state index in [-0.39, 0.29) is 6.61 Å². The summed E-state index contributed by atoms with van der Waals surface area (Å²) in [6.07, 6.45) is 5.70. The number of anilines is 1. The van der Waals surface area contributed by atoms with Crippen LogP contribution in [0.1, 0.15) is 52.2 Å². The number of amides is 2. The number of rotatable bonds is 10. The number of hydrogen-bond acceptors (Lipinski definition) is 8. The van der Waals surface area contributed by atoms with Crippen LogP contribution in [0.3, 0.4) is 0 Å². The van der Waals surface area contributed by atoms with Gasteiger partial charge in [0.15, 0.2) is 0 Å². The molecule has 2 heterocycles. The normalized spacial score (nSPS) is 13.9. The molecule has 0 spiro atoms. The van der Waals surface area contributed by atoms with E-state index in [1.165, 1.54) is 17.6 Å². The average Bonchev–Trinajstić information content (AvgIpc) is 3.69. The van der Waals surface area contributed by atoms with Crippen molar-refractivity contribution in [2.24, 2.45) is 11.0 Å². The standard InChI is InChI=1S/C37H35N5O5S/c1-3-46-37(45)32-30-19-14-24(2)20-31(30)48-36(32)39-34(43)35(44)40-38-21-27-22-42(28-12-8-5-9-13-28)41-33(27)26-15-17-29(18-16-26)47-23-25-10-6-4-7-11-25/h4-13,15-18,21-22,24H,3,14,19-20,23H2,1-2H3,(H,39,43)(H,40,44). The SMILES string of the molecule is CCOC(=O)c1c(NC(=O)C(=O)NN=Cc2cn(-c3ccccc3)nc2-c2ccc(OCc3ccccc3)cc2)sc2c1CCC(C)C2. The monoisotopic (exact) mass is 661 g/mol. The molecule has 244 valence electrons. The van der Waals surface area contributed by atoms with E-state index >= 15 is 0 Å². The fraction of sp³-hybridized carbons (Fsp3) is 0.216. The third kappa shape index (κ3) is 7.53. The maximum atomic E-state index is 12.9. The van der Waals surface area contributed by atoms with E-state index in [2.05, 4.69) is 22.8 Å². The first kappa shape index (κ1) is 32.4. The summed E-state index contributed by atoms with van der Waals surface area (Å²) in [5, 5.41) is 11.8. The predicted octanol–water partition coefficient (Wildman–Crippen LogP) is 6.57. The Hall–Kier alpha value is -5.55. The zero-order valence-corrected chi connectivity index (χ0v) is 27.5. The number of nitrogens with one attached hydrogen (secondary N) is 2. The summed E-state index contributed by atoms with van der Waals surface area (Å²) in [6, 6.07) is 27.1. The van der Waals surface area contributed by atoms with Crippen molar-refractivity contribution in [3.05, 3.63) is 118 Å². The number of aromatic nitrogens is 2. The fourth-order valence-electron chi connectivity index (χ4n) is 5.50. The van der Waals surface area contributed by atoms with Gasteiger partial charge in [0.25, 0.3) is 0 Å². The first-order valence-corrected chi connectivity index (χ1v) is 16.6. The van der Waals surface area contributed by atoms with Gasteiger partial charge in [-0.25, -0.2) is 14.9 Å². The molecule has 1 unspecified atom stereocenters. The molecule has 3 aromatic carbocycles. The zero-order chi connectivity index (χ0) is 33.5. The Morgan fingerprint density at radius 3 is 2.46 bits per heavy atom. The number of esters is 1. The second-order valence-electron chi connectivity index (χ2n) is 11.4. The molecule has 1 aliphatic rings. The molecule has 1 aliphatic carbocycles. The summed E-state index contributed by atoms with van der Waals surface area (Å²) < 4.78 is 12.9. The minimum Gasteiger partial charge on any atom is -0.489 e. The van der Waals surface area contributed by atoms with Gasteiger partial charge < -0.3 is 14.8 Å². The molecule has 0 aliphatic heterocycles. The number of hydrazone groups is 1. The van der Waals surface area contributed by atoms with Crippen LogP contribution in [0, 0.1) is 5.92 Å². The Morgan fingerprint density at radius 1 is 1.00 bits per heavy atom. The molecule has 0 saturated carbocycles. The Kier molecular flexibility index (Phi) is 10.1. The lowest BCUT2D eigenvalue weighted by atomic mass is 9.88. The van der Waals surface area contributed by atoms with Crippen LogP contribution in [-0.2, 0) is 33.8 Å². The summed E-state index contributed by atoms with van der Waals surface area (Å²) >= 11 is 1.32. The minimum absolute atomic E-state index is 0.206. The molecule has 48 heavy (non-hydrogen) atoms. The van der Waals surface area contributed by atoms with Crippen LogP contribution in [0.15, 0.2) is 96.2 Å². The number of nitrogens with zero attached hydrogens (tertiary/aromatic N) is 3. The van der Waals surface area contributed by atoms with E-state index in [9.17, 15) is 14.4 Å². The third-order valence-corrected chi connectivity index (χ3v) is 9.10. The van der Waals surface area contributed by atoms with Gasteiger partial charge in [-0.3, -0.25) is 9.59 Å². The molecule has 0 bridgehead atoms. The van der Waals surface area contributed by atoms with Crippen molar-refractivity contribution in [2.45, 2.75) is 39.7 Å². The summed E-state index contributed by atoms with van der Waals surface area (Å²) in [7, 11) is 0. The smallest absolute Gasteiger partial charge is 0.341 e. The van der Waals surface area contributed by atoms with Gasteiger partial charge in [-0.15, -0.1) is 11.3 Å². The van der Waals surface area contributed by atoms with E-state index in [0.717, 1.165) is 46.5 Å². The van der Waals surface area contributed by atoms with Crippen molar-refractivity contribution in [3.8, 4) is 22.7 Å². The molecule has 2 amide bonds. The third-order valence-electron chi connectivity index (χ3n) is 7.93. The second-order valence-corrected chi connectivity index (χ2v) is 12.5. The molecule has 1 atom stereocenters. The number of carbonyl (C=O) groups is 3. The largest absolute Gasteiger partial charge is 0.489 e. The van der Waals surface area contributed by atoms with Crippen molar-refractivity contribution >= 4 is 40.3 Å². The van der Waals surface area contributed by atoms with Crippen LogP contribution >= 0.6 is 11.3 Å². The molecule has 6 rings (SSSR count). The molecule has 0 radical (unpaired) electrons. The summed E-state index contributed by atoms with van der Waals surface area (Å²) in [5.74, 6) is -1.23. The molecule has 0 fully saturated rings. The number of fused-ring (bicyclic) bond motifs is 1. The highest BCUT2D eigenvalue weighted by molar-refractivity contribution is 7.17. The minimum atomic E-state index is -0.974. The fourth-order valence-corrected chi connectivity index (χ4v) is 6.89. The van der Waals surface area contributed by atoms with E-state index in [0.29, 0.717) is 40.1 Å². The Bertz CT molecular complexity index is 1930. The molecular formula is C37H35N5O5S. The molecule has 5 aromatic rings. The van der Waals surface area contributed by atoms with Gasteiger partial charge in [-0.1, -0.05) is 55.5 Å². The van der Waals surface area contributed by atoms with Crippen LogP contribution in [0.4, 0.5) is 5.00 Å². The molecule has 2 aromatic heterocycles. The Labute approximate surface area is 282 Å². The van der Waals surface area contributed by atoms with E-state index in [1.807, 2.05) is 84.9 Å². The zero-order valence-electron chi connectivity index (χ0n) is 26.6. The van der Waals surface area contributed by atoms with Crippen molar-refractivity contribution in [1.82, 2.24) is 15.2 Å². The van der Waals surface area contributed by atoms with Crippen molar-refractivity contribution in [2.75, 3.05) is 11.9 Å². The van der Waals surface area contributed by atoms with E-state index in [1.54, 1.807) is 17.8 Å². The number of para-hydroxylation sites is 1. The van der Waals surface area contributed by atoms with Gasteiger partial charge in [-0.05, 0) is 79.6 Å². The number of thiophene rings is 1. The van der Waals surface area contributed by atoms with Gasteiger partial charge in [-0.2, -0.15) is 10.2 Å². The lowest BCUT2D eigenvalue weighted by Gasteiger charge is -2.18. The quantitative estimate of drug-likeness (QED) is 0.0756. The Balaban J connectivity index is 1.18. The van der Waals surface area contributed by atoms with Crippen LogP contribution in [0.25, 0.3) is 16.9 Å². The molecular weight excluding hydrogens is 627 g/mol. The van der Waals surface area contributed by atoms with E-state index < -0.39 is 17.8 Å². The predicted molar refractivity (Wildman–Crippen MR) is 186 cm³/mol. The topological polar surface area (TPSA) is 124 Å². The number of carbonyl (C=O) groups excluding carboxylic acids is 3. The van der Waals surface area contributed by atoms with Crippen LogP contribution in [-0.4, -0.2) is 40.4 Å². The summed E-state index contributed by atoms with van der Waals surface area (Å²) in [6.45, 7) is 4.54. The second kappa shape index (κ2) is 14.9. The lowest BCUT2D eigenvalue weighted by Crippen LogP contribution is -2.32. The van der Waals surface area contributed by atoms with Crippen LogP contribution in [0.2, 0.25) is 0 Å². The molecule has 0 saturated heterocycles. The summed E-state index contributed by atoms with van der Waals surface area (Å²) in [4.78, 5) is 39.6. The molecule has 2 N–H and O–H groups in total. The Morgan fingerprint density at radius 2 is 1.73 bits per heavy atom. The van der Waals surface area contributed by atoms with Gasteiger partial charge in [0.2, 0.25) is 0 Å². The lowest BCUT2D eigenvalue weighted by molar-refractivity contribution is -0.136. The number of benzene rings is 3. The van der Waals surface area contributed by atoms with Gasteiger partial charge in [0.1, 0.15) is 23.1 Å². The number of ether oxygens (including phenoxy) is 2. The van der Waals surface area contributed by atoms with Crippen LogP contribution < -0.4 is 15.5 Å². The van der Waals surface area contributed by atoms with Gasteiger partial charge in [0.05, 0.1) is 24.1 Å². The maximum Gasteiger partial charge on any atom is 0.341 e. The van der Waals surface area contributed by atoms with Crippen molar-refractivity contribution < 1.29 is 23.9 Å². The molecule has 10 nitrogen and oxygen atoms in total. The molecule has 11 heteroatoms.